The SMILES string of the molecule is CC(CS(=O)(=O)Nc1ccccc1)Nc1nc(N2CCN(C)CC2)nc2ccc(Cl)cc12. The van der Waals surface area contributed by atoms with Gasteiger partial charge in [-0.25, -0.2) is 13.4 Å². The maximum atomic E-state index is 12.6. The molecule has 1 aliphatic heterocycles. The Hall–Kier alpha value is -2.62. The second kappa shape index (κ2) is 9.48. The number of hydrogen-bond acceptors (Lipinski definition) is 7. The van der Waals surface area contributed by atoms with E-state index in [1.807, 2.05) is 19.1 Å². The summed E-state index contributed by atoms with van der Waals surface area (Å²) in [6.45, 7) is 5.35. The fraction of sp³-hybridized carbons (Fsp3) is 0.364. The highest BCUT2D eigenvalue weighted by molar-refractivity contribution is 7.92. The van der Waals surface area contributed by atoms with Gasteiger partial charge in [-0.2, -0.15) is 4.98 Å². The summed E-state index contributed by atoms with van der Waals surface area (Å²) in [4.78, 5) is 13.9. The molecule has 1 saturated heterocycles. The molecular weight excluding hydrogens is 448 g/mol. The van der Waals surface area contributed by atoms with Gasteiger partial charge in [-0.05, 0) is 44.3 Å². The standard InChI is InChI=1S/C22H27ClN6O2S/c1-16(15-32(30,31)27-18-6-4-3-5-7-18)24-21-19-14-17(23)8-9-20(19)25-22(26-21)29-12-10-28(2)11-13-29/h3-9,14,16,27H,10-13,15H2,1-2H3,(H,24,25,26). The number of nitrogens with one attached hydrogen (secondary N) is 2. The van der Waals surface area contributed by atoms with Crippen LogP contribution in [0.5, 0.6) is 0 Å². The summed E-state index contributed by atoms with van der Waals surface area (Å²) >= 11 is 6.22. The van der Waals surface area contributed by atoms with Gasteiger partial charge in [0.05, 0.1) is 11.3 Å². The molecule has 0 saturated carbocycles. The number of piperazine rings is 1. The van der Waals surface area contributed by atoms with Crippen LogP contribution in [0, 0.1) is 0 Å². The monoisotopic (exact) mass is 474 g/mol. The minimum Gasteiger partial charge on any atom is -0.366 e. The van der Waals surface area contributed by atoms with Crippen molar-refractivity contribution < 1.29 is 8.42 Å². The minimum atomic E-state index is -3.55. The molecule has 170 valence electrons. The molecule has 10 heteroatoms. The molecule has 1 aromatic heterocycles. The van der Waals surface area contributed by atoms with E-state index in [2.05, 4.69) is 26.9 Å². The van der Waals surface area contributed by atoms with Crippen LogP contribution in [0.1, 0.15) is 6.92 Å². The number of para-hydroxylation sites is 1. The van der Waals surface area contributed by atoms with Crippen LogP contribution in [0.4, 0.5) is 17.5 Å². The second-order valence-corrected chi connectivity index (χ2v) is 10.3. The first-order valence-corrected chi connectivity index (χ1v) is 12.5. The average Bonchev–Trinajstić information content (AvgIpc) is 2.74. The summed E-state index contributed by atoms with van der Waals surface area (Å²) in [5.41, 5.74) is 1.30. The Morgan fingerprint density at radius 3 is 2.50 bits per heavy atom. The molecule has 1 unspecified atom stereocenters. The summed E-state index contributed by atoms with van der Waals surface area (Å²) in [7, 11) is -1.45. The van der Waals surface area contributed by atoms with Crippen molar-refractivity contribution in [2.24, 2.45) is 0 Å². The molecule has 1 fully saturated rings. The third kappa shape index (κ3) is 5.59. The van der Waals surface area contributed by atoms with Crippen LogP contribution in [0.15, 0.2) is 48.5 Å². The Balaban J connectivity index is 1.57. The molecule has 2 aromatic carbocycles. The molecule has 3 aromatic rings. The average molecular weight is 475 g/mol. The molecule has 1 aliphatic rings. The van der Waals surface area contributed by atoms with E-state index < -0.39 is 16.1 Å². The topological polar surface area (TPSA) is 90.5 Å². The number of anilines is 3. The zero-order valence-electron chi connectivity index (χ0n) is 18.1. The first-order chi connectivity index (χ1) is 15.3. The molecule has 0 aliphatic carbocycles. The molecule has 1 atom stereocenters. The third-order valence-corrected chi connectivity index (χ3v) is 7.05. The van der Waals surface area contributed by atoms with E-state index in [9.17, 15) is 8.42 Å². The molecule has 2 heterocycles. The highest BCUT2D eigenvalue weighted by atomic mass is 35.5. The predicted molar refractivity (Wildman–Crippen MR) is 131 cm³/mol. The maximum Gasteiger partial charge on any atom is 0.234 e. The van der Waals surface area contributed by atoms with E-state index in [0.29, 0.717) is 22.5 Å². The first-order valence-electron chi connectivity index (χ1n) is 10.5. The van der Waals surface area contributed by atoms with Crippen LogP contribution in [0.2, 0.25) is 5.02 Å². The molecule has 2 N–H and O–H groups in total. The van der Waals surface area contributed by atoms with Crippen molar-refractivity contribution in [3.05, 3.63) is 53.6 Å². The van der Waals surface area contributed by atoms with E-state index in [-0.39, 0.29) is 5.75 Å². The summed E-state index contributed by atoms with van der Waals surface area (Å²) in [5, 5.41) is 4.61. The zero-order chi connectivity index (χ0) is 22.7. The molecule has 4 rings (SSSR count). The lowest BCUT2D eigenvalue weighted by Crippen LogP contribution is -2.45. The number of fused-ring (bicyclic) bond motifs is 1. The molecule has 0 spiro atoms. The van der Waals surface area contributed by atoms with Crippen molar-refractivity contribution >= 4 is 50.0 Å². The first kappa shape index (κ1) is 22.6. The second-order valence-electron chi connectivity index (χ2n) is 8.12. The van der Waals surface area contributed by atoms with Gasteiger partial charge in [0.1, 0.15) is 5.82 Å². The van der Waals surface area contributed by atoms with Gasteiger partial charge in [0.25, 0.3) is 0 Å². The van der Waals surface area contributed by atoms with Gasteiger partial charge in [-0.1, -0.05) is 29.8 Å². The fourth-order valence-corrected chi connectivity index (χ4v) is 5.17. The fourth-order valence-electron chi connectivity index (χ4n) is 3.68. The zero-order valence-corrected chi connectivity index (χ0v) is 19.7. The lowest BCUT2D eigenvalue weighted by molar-refractivity contribution is 0.311. The highest BCUT2D eigenvalue weighted by Crippen LogP contribution is 2.27. The third-order valence-electron chi connectivity index (χ3n) is 5.33. The molecule has 32 heavy (non-hydrogen) atoms. The summed E-state index contributed by atoms with van der Waals surface area (Å²) < 4.78 is 27.9. The number of halogens is 1. The summed E-state index contributed by atoms with van der Waals surface area (Å²) in [6, 6.07) is 13.9. The molecule has 0 bridgehead atoms. The van der Waals surface area contributed by atoms with Crippen molar-refractivity contribution in [2.45, 2.75) is 13.0 Å². The quantitative estimate of drug-likeness (QED) is 0.543. The number of likely N-dealkylation sites (N-methyl/N-ethyl adjacent to an activating group) is 1. The van der Waals surface area contributed by atoms with Crippen molar-refractivity contribution in [2.75, 3.05) is 53.9 Å². The smallest absolute Gasteiger partial charge is 0.234 e. The van der Waals surface area contributed by atoms with E-state index in [0.717, 1.165) is 37.1 Å². The number of benzene rings is 2. The summed E-state index contributed by atoms with van der Waals surface area (Å²) in [5.74, 6) is 1.10. The van der Waals surface area contributed by atoms with E-state index in [4.69, 9.17) is 21.6 Å². The van der Waals surface area contributed by atoms with E-state index in [1.54, 1.807) is 36.4 Å². The van der Waals surface area contributed by atoms with Crippen LogP contribution in [0.25, 0.3) is 10.9 Å². The van der Waals surface area contributed by atoms with Crippen LogP contribution in [-0.4, -0.2) is 68.3 Å². The Kier molecular flexibility index (Phi) is 6.68. The Labute approximate surface area is 193 Å². The number of nitrogens with zero attached hydrogens (tertiary/aromatic N) is 4. The molecular formula is C22H27ClN6O2S. The van der Waals surface area contributed by atoms with Gasteiger partial charge in [-0.3, -0.25) is 4.72 Å². The predicted octanol–water partition coefficient (Wildman–Crippen LogP) is 3.28. The van der Waals surface area contributed by atoms with Gasteiger partial charge < -0.3 is 15.1 Å². The lowest BCUT2D eigenvalue weighted by Gasteiger charge is -2.32. The van der Waals surface area contributed by atoms with Gasteiger partial charge >= 0.3 is 0 Å². The molecule has 0 amide bonds. The van der Waals surface area contributed by atoms with Crippen molar-refractivity contribution in [3.63, 3.8) is 0 Å². The van der Waals surface area contributed by atoms with Gasteiger partial charge in [0.15, 0.2) is 0 Å². The van der Waals surface area contributed by atoms with E-state index in [1.165, 1.54) is 0 Å². The van der Waals surface area contributed by atoms with Gasteiger partial charge in [0.2, 0.25) is 16.0 Å². The normalized spacial score (nSPS) is 16.2. The largest absolute Gasteiger partial charge is 0.366 e. The van der Waals surface area contributed by atoms with Crippen LogP contribution < -0.4 is 14.9 Å². The van der Waals surface area contributed by atoms with Crippen LogP contribution in [-0.2, 0) is 10.0 Å². The number of sulfonamides is 1. The van der Waals surface area contributed by atoms with Crippen LogP contribution >= 0.6 is 11.6 Å². The summed E-state index contributed by atoms with van der Waals surface area (Å²) in [6.07, 6.45) is 0. The van der Waals surface area contributed by atoms with E-state index >= 15 is 0 Å². The van der Waals surface area contributed by atoms with Crippen molar-refractivity contribution in [1.29, 1.82) is 0 Å². The van der Waals surface area contributed by atoms with Crippen molar-refractivity contribution in [1.82, 2.24) is 14.9 Å². The highest BCUT2D eigenvalue weighted by Gasteiger charge is 2.21. The van der Waals surface area contributed by atoms with Crippen LogP contribution in [0.3, 0.4) is 0 Å². The number of rotatable bonds is 7. The molecule has 8 nitrogen and oxygen atoms in total. The lowest BCUT2D eigenvalue weighted by atomic mass is 10.2. The van der Waals surface area contributed by atoms with Gasteiger partial charge in [-0.15, -0.1) is 0 Å². The Morgan fingerprint density at radius 2 is 1.78 bits per heavy atom. The Bertz CT molecular complexity index is 1180. The maximum absolute atomic E-state index is 12.6. The van der Waals surface area contributed by atoms with Gasteiger partial charge in [0, 0.05) is 48.3 Å². The number of aromatic nitrogens is 2. The molecule has 0 radical (unpaired) electrons. The van der Waals surface area contributed by atoms with Crippen molar-refractivity contribution in [3.8, 4) is 0 Å². The number of hydrogen-bond donors (Lipinski definition) is 2. The Morgan fingerprint density at radius 1 is 1.06 bits per heavy atom. The minimum absolute atomic E-state index is 0.113.